The lowest BCUT2D eigenvalue weighted by molar-refractivity contribution is 0.102. The third-order valence-electron chi connectivity index (χ3n) is 2.96. The lowest BCUT2D eigenvalue weighted by Crippen LogP contribution is -2.13. The van der Waals surface area contributed by atoms with Crippen molar-refractivity contribution in [3.8, 4) is 17.2 Å². The molecule has 23 heavy (non-hydrogen) atoms. The van der Waals surface area contributed by atoms with Crippen LogP contribution in [0.15, 0.2) is 34.9 Å². The molecule has 0 aliphatic carbocycles. The Morgan fingerprint density at radius 3 is 2.87 bits per heavy atom. The molecule has 1 aromatic heterocycles. The zero-order valence-electron chi connectivity index (χ0n) is 12.8. The first-order chi connectivity index (χ1) is 11.1. The molecule has 0 bridgehead atoms. The number of nitrogens with one attached hydrogen (secondary N) is 1. The van der Waals surface area contributed by atoms with Crippen molar-refractivity contribution < 1.29 is 19.4 Å². The molecule has 0 radical (unpaired) electrons. The van der Waals surface area contributed by atoms with E-state index in [2.05, 4.69) is 26.2 Å². The summed E-state index contributed by atoms with van der Waals surface area (Å²) in [7, 11) is 1.51. The van der Waals surface area contributed by atoms with Gasteiger partial charge in [0.15, 0.2) is 23.1 Å². The van der Waals surface area contributed by atoms with Gasteiger partial charge in [-0.1, -0.05) is 6.92 Å². The molecule has 2 rings (SSSR count). The van der Waals surface area contributed by atoms with Gasteiger partial charge in [-0.2, -0.15) is 0 Å². The van der Waals surface area contributed by atoms with Crippen LogP contribution in [0.5, 0.6) is 17.2 Å². The van der Waals surface area contributed by atoms with Crippen molar-refractivity contribution in [2.75, 3.05) is 19.0 Å². The van der Waals surface area contributed by atoms with E-state index in [0.29, 0.717) is 28.1 Å². The molecule has 6 nitrogen and oxygen atoms in total. The van der Waals surface area contributed by atoms with E-state index in [9.17, 15) is 9.90 Å². The Morgan fingerprint density at radius 1 is 1.43 bits per heavy atom. The Balaban J connectivity index is 2.27. The Bertz CT molecular complexity index is 706. The number of methoxy groups -OCH3 is 1. The summed E-state index contributed by atoms with van der Waals surface area (Å²) in [5.41, 5.74) is 0.350. The van der Waals surface area contributed by atoms with E-state index >= 15 is 0 Å². The maximum absolute atomic E-state index is 12.3. The van der Waals surface area contributed by atoms with Gasteiger partial charge in [-0.3, -0.25) is 4.79 Å². The number of aromatic nitrogens is 1. The molecular weight excluding hydrogens is 364 g/mol. The lowest BCUT2D eigenvalue weighted by atomic mass is 10.2. The average Bonchev–Trinajstić information content (AvgIpc) is 2.55. The van der Waals surface area contributed by atoms with Gasteiger partial charge in [-0.15, -0.1) is 0 Å². The summed E-state index contributed by atoms with van der Waals surface area (Å²) in [4.78, 5) is 16.2. The molecule has 0 atom stereocenters. The lowest BCUT2D eigenvalue weighted by Gasteiger charge is -2.14. The standard InChI is InChI=1S/C16H17BrN2O4/c1-3-7-23-14-11(17)8-10(9-13(14)22-2)16(21)19-15-12(20)5-4-6-18-15/h4-6,8-9,20H,3,7H2,1-2H3,(H,18,19,21). The highest BCUT2D eigenvalue weighted by atomic mass is 79.9. The van der Waals surface area contributed by atoms with Crippen LogP contribution in [0.2, 0.25) is 0 Å². The van der Waals surface area contributed by atoms with E-state index in [-0.39, 0.29) is 11.6 Å². The van der Waals surface area contributed by atoms with E-state index in [1.54, 1.807) is 18.2 Å². The zero-order chi connectivity index (χ0) is 16.8. The van der Waals surface area contributed by atoms with E-state index in [1.807, 2.05) is 6.92 Å². The molecule has 7 heteroatoms. The number of carbonyl (C=O) groups excluding carboxylic acids is 1. The number of carbonyl (C=O) groups is 1. The summed E-state index contributed by atoms with van der Waals surface area (Å²) in [6.45, 7) is 2.55. The Hall–Kier alpha value is -2.28. The fourth-order valence-corrected chi connectivity index (χ4v) is 2.42. The fraction of sp³-hybridized carbons (Fsp3) is 0.250. The van der Waals surface area contributed by atoms with Gasteiger partial charge in [0.25, 0.3) is 5.91 Å². The molecule has 0 fully saturated rings. The number of hydrogen-bond acceptors (Lipinski definition) is 5. The number of anilines is 1. The number of ether oxygens (including phenoxy) is 2. The average molecular weight is 381 g/mol. The van der Waals surface area contributed by atoms with Crippen LogP contribution in [0.4, 0.5) is 5.82 Å². The first-order valence-corrected chi connectivity index (χ1v) is 7.81. The SMILES string of the molecule is CCCOc1c(Br)cc(C(=O)Nc2ncccc2O)cc1OC. The number of amides is 1. The molecule has 0 aliphatic rings. The van der Waals surface area contributed by atoms with Gasteiger partial charge in [0.05, 0.1) is 18.2 Å². The monoisotopic (exact) mass is 380 g/mol. The molecule has 1 amide bonds. The van der Waals surface area contributed by atoms with Gasteiger partial charge in [0.2, 0.25) is 0 Å². The highest BCUT2D eigenvalue weighted by molar-refractivity contribution is 9.10. The van der Waals surface area contributed by atoms with Crippen LogP contribution in [0.25, 0.3) is 0 Å². The largest absolute Gasteiger partial charge is 0.504 e. The quantitative estimate of drug-likeness (QED) is 0.799. The molecule has 0 aliphatic heterocycles. The van der Waals surface area contributed by atoms with E-state index in [0.717, 1.165) is 6.42 Å². The van der Waals surface area contributed by atoms with Crippen molar-refractivity contribution in [2.24, 2.45) is 0 Å². The predicted octanol–water partition coefficient (Wildman–Crippen LogP) is 3.60. The Labute approximate surface area is 142 Å². The van der Waals surface area contributed by atoms with Crippen molar-refractivity contribution in [1.29, 1.82) is 0 Å². The van der Waals surface area contributed by atoms with Crippen LogP contribution in [0.1, 0.15) is 23.7 Å². The van der Waals surface area contributed by atoms with Gasteiger partial charge in [0.1, 0.15) is 0 Å². The summed E-state index contributed by atoms with van der Waals surface area (Å²) in [6.07, 6.45) is 2.34. The second-order valence-corrected chi connectivity index (χ2v) is 5.52. The molecular formula is C16H17BrN2O4. The maximum atomic E-state index is 12.3. The molecule has 0 saturated heterocycles. The minimum Gasteiger partial charge on any atom is -0.504 e. The Kier molecular flexibility index (Phi) is 5.81. The van der Waals surface area contributed by atoms with Crippen molar-refractivity contribution in [3.05, 3.63) is 40.5 Å². The molecule has 0 saturated carbocycles. The van der Waals surface area contributed by atoms with E-state index in [4.69, 9.17) is 9.47 Å². The normalized spacial score (nSPS) is 10.2. The van der Waals surface area contributed by atoms with Gasteiger partial charge in [-0.25, -0.2) is 4.98 Å². The minimum absolute atomic E-state index is 0.0962. The van der Waals surface area contributed by atoms with Crippen LogP contribution >= 0.6 is 15.9 Å². The second kappa shape index (κ2) is 7.82. The van der Waals surface area contributed by atoms with E-state index < -0.39 is 5.91 Å². The van der Waals surface area contributed by atoms with Crippen molar-refractivity contribution in [2.45, 2.75) is 13.3 Å². The third-order valence-corrected chi connectivity index (χ3v) is 3.55. The molecule has 122 valence electrons. The molecule has 1 heterocycles. The van der Waals surface area contributed by atoms with Crippen molar-refractivity contribution in [1.82, 2.24) is 4.98 Å². The van der Waals surface area contributed by atoms with Gasteiger partial charge in [-0.05, 0) is 46.6 Å². The number of rotatable bonds is 6. The van der Waals surface area contributed by atoms with Crippen molar-refractivity contribution in [3.63, 3.8) is 0 Å². The van der Waals surface area contributed by atoms with Gasteiger partial charge < -0.3 is 19.9 Å². The summed E-state index contributed by atoms with van der Waals surface area (Å²) < 4.78 is 11.5. The fourth-order valence-electron chi connectivity index (χ4n) is 1.87. The Morgan fingerprint density at radius 2 is 2.22 bits per heavy atom. The number of aromatic hydroxyl groups is 1. The van der Waals surface area contributed by atoms with E-state index in [1.165, 1.54) is 19.4 Å². The summed E-state index contributed by atoms with van der Waals surface area (Å²) >= 11 is 3.39. The first-order valence-electron chi connectivity index (χ1n) is 7.02. The van der Waals surface area contributed by atoms with Crippen LogP contribution < -0.4 is 14.8 Å². The molecule has 2 aromatic rings. The van der Waals surface area contributed by atoms with Crippen LogP contribution in [-0.2, 0) is 0 Å². The van der Waals surface area contributed by atoms with Crippen molar-refractivity contribution >= 4 is 27.7 Å². The number of pyridine rings is 1. The topological polar surface area (TPSA) is 80.7 Å². The highest BCUT2D eigenvalue weighted by Gasteiger charge is 2.16. The molecule has 0 spiro atoms. The van der Waals surface area contributed by atoms with Gasteiger partial charge in [0, 0.05) is 11.8 Å². The van der Waals surface area contributed by atoms with Crippen LogP contribution in [0.3, 0.4) is 0 Å². The maximum Gasteiger partial charge on any atom is 0.257 e. The highest BCUT2D eigenvalue weighted by Crippen LogP contribution is 2.37. The summed E-state index contributed by atoms with van der Waals surface area (Å²) in [6, 6.07) is 6.22. The summed E-state index contributed by atoms with van der Waals surface area (Å²) in [5, 5.41) is 12.2. The molecule has 0 unspecified atom stereocenters. The zero-order valence-corrected chi connectivity index (χ0v) is 14.4. The minimum atomic E-state index is -0.417. The van der Waals surface area contributed by atoms with Crippen LogP contribution in [0, 0.1) is 0 Å². The molecule has 1 aromatic carbocycles. The first kappa shape index (κ1) is 17.1. The number of benzene rings is 1. The van der Waals surface area contributed by atoms with Crippen LogP contribution in [-0.4, -0.2) is 29.7 Å². The molecule has 2 N–H and O–H groups in total. The number of halogens is 1. The number of hydrogen-bond donors (Lipinski definition) is 2. The summed E-state index contributed by atoms with van der Waals surface area (Å²) in [5.74, 6) is 0.573. The smallest absolute Gasteiger partial charge is 0.257 e. The third kappa shape index (κ3) is 4.13. The second-order valence-electron chi connectivity index (χ2n) is 4.66. The predicted molar refractivity (Wildman–Crippen MR) is 90.3 cm³/mol. The van der Waals surface area contributed by atoms with Gasteiger partial charge >= 0.3 is 0 Å². The number of nitrogens with zero attached hydrogens (tertiary/aromatic N) is 1.